The summed E-state index contributed by atoms with van der Waals surface area (Å²) in [5.41, 5.74) is 5.58. The molecule has 0 aromatic carbocycles. The van der Waals surface area contributed by atoms with E-state index >= 15 is 0 Å². The number of nitrogens with two attached hydrogens (primary N) is 1. The van der Waals surface area contributed by atoms with Gasteiger partial charge in [-0.05, 0) is 13.3 Å². The molecule has 7 heteroatoms. The summed E-state index contributed by atoms with van der Waals surface area (Å²) in [6.45, 7) is 1.78. The number of aromatic nitrogens is 2. The number of rotatable bonds is 2. The smallest absolute Gasteiger partial charge is 0.249 e. The van der Waals surface area contributed by atoms with Crippen molar-refractivity contribution in [2.75, 3.05) is 0 Å². The lowest BCUT2D eigenvalue weighted by Crippen LogP contribution is -2.18. The SMILES string of the molecule is CC(N)c1noc(C2CCC(=O)N2)n1.Cl. The number of hydrogen-bond donors (Lipinski definition) is 2. The third-order valence-corrected chi connectivity index (χ3v) is 2.16. The zero-order valence-corrected chi connectivity index (χ0v) is 9.08. The fraction of sp³-hybridized carbons (Fsp3) is 0.625. The molecule has 6 nitrogen and oxygen atoms in total. The standard InChI is InChI=1S/C8H12N4O2.ClH/c1-4(9)7-11-8(14-12-7)5-2-3-6(13)10-5;/h4-5H,2-3,9H2,1H3,(H,10,13);1H. The summed E-state index contributed by atoms with van der Waals surface area (Å²) in [6.07, 6.45) is 1.22. The van der Waals surface area contributed by atoms with E-state index in [4.69, 9.17) is 10.3 Å². The highest BCUT2D eigenvalue weighted by Gasteiger charge is 2.27. The summed E-state index contributed by atoms with van der Waals surface area (Å²) in [4.78, 5) is 15.1. The van der Waals surface area contributed by atoms with E-state index in [9.17, 15) is 4.79 Å². The van der Waals surface area contributed by atoms with Gasteiger partial charge in [0.2, 0.25) is 11.8 Å². The average molecular weight is 233 g/mol. The average Bonchev–Trinajstić information content (AvgIpc) is 2.70. The molecule has 1 aromatic heterocycles. The van der Waals surface area contributed by atoms with Crippen LogP contribution in [0.5, 0.6) is 0 Å². The first-order chi connectivity index (χ1) is 6.66. The van der Waals surface area contributed by atoms with Gasteiger partial charge in [-0.3, -0.25) is 4.79 Å². The Balaban J connectivity index is 0.00000112. The first-order valence-electron chi connectivity index (χ1n) is 4.55. The topological polar surface area (TPSA) is 94.0 Å². The summed E-state index contributed by atoms with van der Waals surface area (Å²) in [5.74, 6) is 0.944. The summed E-state index contributed by atoms with van der Waals surface area (Å²) in [5, 5.41) is 6.47. The van der Waals surface area contributed by atoms with E-state index in [1.54, 1.807) is 6.92 Å². The molecule has 1 saturated heterocycles. The zero-order chi connectivity index (χ0) is 10.1. The Bertz CT molecular complexity index is 352. The van der Waals surface area contributed by atoms with Crippen molar-refractivity contribution in [2.45, 2.75) is 31.8 Å². The minimum atomic E-state index is -0.246. The molecule has 2 unspecified atom stereocenters. The van der Waals surface area contributed by atoms with Crippen LogP contribution in [0.3, 0.4) is 0 Å². The Morgan fingerprint density at radius 3 is 2.87 bits per heavy atom. The van der Waals surface area contributed by atoms with Crippen LogP contribution in [-0.2, 0) is 4.79 Å². The van der Waals surface area contributed by atoms with E-state index in [1.165, 1.54) is 0 Å². The lowest BCUT2D eigenvalue weighted by atomic mass is 10.2. The Morgan fingerprint density at radius 1 is 1.67 bits per heavy atom. The monoisotopic (exact) mass is 232 g/mol. The second kappa shape index (κ2) is 4.59. The molecule has 0 radical (unpaired) electrons. The van der Waals surface area contributed by atoms with E-state index in [1.807, 2.05) is 0 Å². The van der Waals surface area contributed by atoms with Gasteiger partial charge in [0.1, 0.15) is 6.04 Å². The van der Waals surface area contributed by atoms with Crippen LogP contribution in [0.4, 0.5) is 0 Å². The van der Waals surface area contributed by atoms with Gasteiger partial charge in [-0.15, -0.1) is 12.4 Å². The maximum Gasteiger partial charge on any atom is 0.249 e. The van der Waals surface area contributed by atoms with Crippen LogP contribution in [-0.4, -0.2) is 16.0 Å². The van der Waals surface area contributed by atoms with E-state index in [2.05, 4.69) is 15.5 Å². The largest absolute Gasteiger partial charge is 0.344 e. The van der Waals surface area contributed by atoms with Crippen molar-refractivity contribution in [3.8, 4) is 0 Å². The molecular weight excluding hydrogens is 220 g/mol. The van der Waals surface area contributed by atoms with Gasteiger partial charge in [-0.1, -0.05) is 5.16 Å². The normalized spacial score (nSPS) is 22.0. The van der Waals surface area contributed by atoms with Gasteiger partial charge in [0.15, 0.2) is 5.82 Å². The van der Waals surface area contributed by atoms with Gasteiger partial charge in [0, 0.05) is 6.42 Å². The molecule has 3 N–H and O–H groups in total. The Hall–Kier alpha value is -1.14. The third kappa shape index (κ3) is 2.45. The van der Waals surface area contributed by atoms with E-state index < -0.39 is 0 Å². The second-order valence-electron chi connectivity index (χ2n) is 3.44. The molecule has 15 heavy (non-hydrogen) atoms. The molecule has 0 saturated carbocycles. The highest BCUT2D eigenvalue weighted by molar-refractivity contribution is 5.85. The Morgan fingerprint density at radius 2 is 2.40 bits per heavy atom. The van der Waals surface area contributed by atoms with E-state index in [0.717, 1.165) is 0 Å². The van der Waals surface area contributed by atoms with Gasteiger partial charge in [0.25, 0.3) is 0 Å². The molecule has 2 atom stereocenters. The van der Waals surface area contributed by atoms with Crippen LogP contribution in [0.25, 0.3) is 0 Å². The van der Waals surface area contributed by atoms with Crippen LogP contribution in [0, 0.1) is 0 Å². The van der Waals surface area contributed by atoms with Crippen LogP contribution < -0.4 is 11.1 Å². The van der Waals surface area contributed by atoms with Crippen LogP contribution >= 0.6 is 12.4 Å². The molecule has 84 valence electrons. The van der Waals surface area contributed by atoms with Gasteiger partial charge in [-0.2, -0.15) is 4.98 Å². The molecule has 1 fully saturated rings. The van der Waals surface area contributed by atoms with Crippen molar-refractivity contribution in [3.63, 3.8) is 0 Å². The summed E-state index contributed by atoms with van der Waals surface area (Å²) >= 11 is 0. The number of hydrogen-bond acceptors (Lipinski definition) is 5. The third-order valence-electron chi connectivity index (χ3n) is 2.16. The predicted molar refractivity (Wildman–Crippen MR) is 54.3 cm³/mol. The van der Waals surface area contributed by atoms with E-state index in [0.29, 0.717) is 24.6 Å². The van der Waals surface area contributed by atoms with Crippen molar-refractivity contribution < 1.29 is 9.32 Å². The van der Waals surface area contributed by atoms with Crippen LogP contribution in [0.1, 0.15) is 43.6 Å². The molecule has 2 heterocycles. The maximum atomic E-state index is 10.9. The fourth-order valence-electron chi connectivity index (χ4n) is 1.37. The highest BCUT2D eigenvalue weighted by Crippen LogP contribution is 2.22. The van der Waals surface area contributed by atoms with Crippen LogP contribution in [0.2, 0.25) is 0 Å². The van der Waals surface area contributed by atoms with Crippen molar-refractivity contribution >= 4 is 18.3 Å². The number of nitrogens with zero attached hydrogens (tertiary/aromatic N) is 2. The molecule has 2 rings (SSSR count). The van der Waals surface area contributed by atoms with E-state index in [-0.39, 0.29) is 30.4 Å². The molecule has 1 aliphatic rings. The molecule has 0 aliphatic carbocycles. The van der Waals surface area contributed by atoms with Gasteiger partial charge < -0.3 is 15.6 Å². The number of nitrogens with one attached hydrogen (secondary N) is 1. The highest BCUT2D eigenvalue weighted by atomic mass is 35.5. The van der Waals surface area contributed by atoms with Crippen molar-refractivity contribution in [2.24, 2.45) is 5.73 Å². The number of halogens is 1. The fourth-order valence-corrected chi connectivity index (χ4v) is 1.37. The lowest BCUT2D eigenvalue weighted by Gasteiger charge is -2.01. The molecule has 0 spiro atoms. The first kappa shape index (κ1) is 11.9. The molecular formula is C8H13ClN4O2. The predicted octanol–water partition coefficient (Wildman–Crippen LogP) is 0.462. The van der Waals surface area contributed by atoms with Crippen molar-refractivity contribution in [1.29, 1.82) is 0 Å². The number of amides is 1. The van der Waals surface area contributed by atoms with Gasteiger partial charge in [-0.25, -0.2) is 0 Å². The Kier molecular flexibility index (Phi) is 3.65. The number of carbonyl (C=O) groups is 1. The minimum absolute atomic E-state index is 0. The van der Waals surface area contributed by atoms with Crippen LogP contribution in [0.15, 0.2) is 4.52 Å². The molecule has 0 bridgehead atoms. The number of carbonyl (C=O) groups excluding carboxylic acids is 1. The van der Waals surface area contributed by atoms with Gasteiger partial charge in [0.05, 0.1) is 6.04 Å². The maximum absolute atomic E-state index is 10.9. The quantitative estimate of drug-likeness (QED) is 0.773. The summed E-state index contributed by atoms with van der Waals surface area (Å²) < 4.78 is 5.00. The van der Waals surface area contributed by atoms with Crippen molar-refractivity contribution in [1.82, 2.24) is 15.5 Å². The van der Waals surface area contributed by atoms with Crippen molar-refractivity contribution in [3.05, 3.63) is 11.7 Å². The Labute approximate surface area is 93.0 Å². The summed E-state index contributed by atoms with van der Waals surface area (Å²) in [7, 11) is 0. The second-order valence-corrected chi connectivity index (χ2v) is 3.44. The molecule has 1 aromatic rings. The molecule has 1 amide bonds. The molecule has 1 aliphatic heterocycles. The van der Waals surface area contributed by atoms with Gasteiger partial charge >= 0.3 is 0 Å². The first-order valence-corrected chi connectivity index (χ1v) is 4.55. The summed E-state index contributed by atoms with van der Waals surface area (Å²) in [6, 6.07) is -0.382. The minimum Gasteiger partial charge on any atom is -0.344 e. The lowest BCUT2D eigenvalue weighted by molar-refractivity contribution is -0.119. The zero-order valence-electron chi connectivity index (χ0n) is 8.27.